The molecular formula is C7H13ClO2. The van der Waals surface area contributed by atoms with Crippen LogP contribution in [-0.4, -0.2) is 11.6 Å². The average molecular weight is 165 g/mol. The number of hydrogen-bond donors (Lipinski definition) is 0. The van der Waals surface area contributed by atoms with Gasteiger partial charge in [-0.25, -0.2) is 0 Å². The summed E-state index contributed by atoms with van der Waals surface area (Å²) < 4.78 is 5.03. The van der Waals surface area contributed by atoms with Gasteiger partial charge in [0.25, 0.3) is 0 Å². The van der Waals surface area contributed by atoms with Crippen LogP contribution in [0.4, 0.5) is 0 Å². The van der Waals surface area contributed by atoms with E-state index in [0.29, 0.717) is 6.42 Å². The number of ether oxygens (including phenoxy) is 1. The lowest BCUT2D eigenvalue weighted by Crippen LogP contribution is -2.32. The van der Waals surface area contributed by atoms with Gasteiger partial charge in [0.1, 0.15) is 5.60 Å². The van der Waals surface area contributed by atoms with E-state index in [1.807, 2.05) is 13.8 Å². The molecule has 0 atom stereocenters. The van der Waals surface area contributed by atoms with Gasteiger partial charge < -0.3 is 4.74 Å². The zero-order valence-electron chi connectivity index (χ0n) is 6.35. The standard InChI is InChI=1S/C7H12O2.ClH/c1-7(2)5-3-4-6(8)9-7;/h3-5H2,1-2H3;1H. The molecule has 1 heterocycles. The van der Waals surface area contributed by atoms with Crippen LogP contribution in [0.1, 0.15) is 33.1 Å². The number of rotatable bonds is 0. The lowest BCUT2D eigenvalue weighted by molar-refractivity contribution is -0.162. The molecule has 2 nitrogen and oxygen atoms in total. The molecule has 1 aliphatic rings. The molecule has 0 radical (unpaired) electrons. The van der Waals surface area contributed by atoms with Gasteiger partial charge in [0.05, 0.1) is 0 Å². The Morgan fingerprint density at radius 2 is 2.10 bits per heavy atom. The molecule has 1 saturated heterocycles. The monoisotopic (exact) mass is 164 g/mol. The third-order valence-electron chi connectivity index (χ3n) is 1.55. The predicted molar refractivity (Wildman–Crippen MR) is 41.3 cm³/mol. The highest BCUT2D eigenvalue weighted by Crippen LogP contribution is 2.23. The Morgan fingerprint density at radius 3 is 2.40 bits per heavy atom. The molecule has 0 aromatic rings. The topological polar surface area (TPSA) is 26.3 Å². The third kappa shape index (κ3) is 2.56. The fourth-order valence-electron chi connectivity index (χ4n) is 1.07. The van der Waals surface area contributed by atoms with Gasteiger partial charge in [0, 0.05) is 6.42 Å². The van der Waals surface area contributed by atoms with E-state index in [1.54, 1.807) is 0 Å². The Labute approximate surface area is 67.4 Å². The Hall–Kier alpha value is -0.240. The van der Waals surface area contributed by atoms with E-state index in [4.69, 9.17) is 4.74 Å². The first-order valence-corrected chi connectivity index (χ1v) is 3.32. The molecule has 1 fully saturated rings. The summed E-state index contributed by atoms with van der Waals surface area (Å²) in [7, 11) is 0. The highest BCUT2D eigenvalue weighted by Gasteiger charge is 2.26. The maximum atomic E-state index is 10.7. The molecule has 3 heteroatoms. The summed E-state index contributed by atoms with van der Waals surface area (Å²) in [6, 6.07) is 0. The Kier molecular flexibility index (Phi) is 3.16. The minimum absolute atomic E-state index is 0. The van der Waals surface area contributed by atoms with Crippen molar-refractivity contribution in [1.82, 2.24) is 0 Å². The van der Waals surface area contributed by atoms with Crippen molar-refractivity contribution < 1.29 is 9.53 Å². The molecule has 0 bridgehead atoms. The number of cyclic esters (lactones) is 1. The number of carbonyl (C=O) groups is 1. The van der Waals surface area contributed by atoms with E-state index in [2.05, 4.69) is 0 Å². The fourth-order valence-corrected chi connectivity index (χ4v) is 1.07. The Morgan fingerprint density at radius 1 is 1.50 bits per heavy atom. The van der Waals surface area contributed by atoms with Crippen molar-refractivity contribution in [3.8, 4) is 0 Å². The molecule has 0 aromatic carbocycles. The number of halogens is 1. The summed E-state index contributed by atoms with van der Waals surface area (Å²) in [5, 5.41) is 0. The largest absolute Gasteiger partial charge is 0.460 e. The minimum atomic E-state index is -0.199. The molecule has 0 aromatic heterocycles. The molecule has 1 rings (SSSR count). The van der Waals surface area contributed by atoms with Crippen LogP contribution in [-0.2, 0) is 9.53 Å². The van der Waals surface area contributed by atoms with Crippen molar-refractivity contribution in [1.29, 1.82) is 0 Å². The second-order valence-corrected chi connectivity index (χ2v) is 3.09. The summed E-state index contributed by atoms with van der Waals surface area (Å²) in [5.74, 6) is -0.0498. The lowest BCUT2D eigenvalue weighted by Gasteiger charge is -2.28. The van der Waals surface area contributed by atoms with Crippen LogP contribution < -0.4 is 0 Å². The SMILES string of the molecule is CC1(C)CCCC(=O)O1.Cl. The minimum Gasteiger partial charge on any atom is -0.460 e. The number of carbonyl (C=O) groups excluding carboxylic acids is 1. The maximum absolute atomic E-state index is 10.7. The molecule has 10 heavy (non-hydrogen) atoms. The smallest absolute Gasteiger partial charge is 0.306 e. The number of esters is 1. The van der Waals surface area contributed by atoms with Crippen molar-refractivity contribution in [2.45, 2.75) is 38.7 Å². The van der Waals surface area contributed by atoms with Gasteiger partial charge in [-0.3, -0.25) is 4.79 Å². The molecule has 60 valence electrons. The third-order valence-corrected chi connectivity index (χ3v) is 1.55. The van der Waals surface area contributed by atoms with Gasteiger partial charge >= 0.3 is 5.97 Å². The maximum Gasteiger partial charge on any atom is 0.306 e. The van der Waals surface area contributed by atoms with Crippen LogP contribution in [0.3, 0.4) is 0 Å². The first-order chi connectivity index (χ1) is 4.10. The summed E-state index contributed by atoms with van der Waals surface area (Å²) in [4.78, 5) is 10.7. The van der Waals surface area contributed by atoms with E-state index < -0.39 is 0 Å². The van der Waals surface area contributed by atoms with Gasteiger partial charge in [0.15, 0.2) is 0 Å². The van der Waals surface area contributed by atoms with Gasteiger partial charge in [-0.15, -0.1) is 12.4 Å². The van der Waals surface area contributed by atoms with Crippen molar-refractivity contribution in [3.05, 3.63) is 0 Å². The van der Waals surface area contributed by atoms with Gasteiger partial charge in [-0.1, -0.05) is 0 Å². The fraction of sp³-hybridized carbons (Fsp3) is 0.857. The zero-order chi connectivity index (χ0) is 6.91. The van der Waals surface area contributed by atoms with Gasteiger partial charge in [0.2, 0.25) is 0 Å². The highest BCUT2D eigenvalue weighted by molar-refractivity contribution is 5.85. The molecule has 0 spiro atoms. The summed E-state index contributed by atoms with van der Waals surface area (Å²) >= 11 is 0. The van der Waals surface area contributed by atoms with E-state index in [1.165, 1.54) is 0 Å². The number of hydrogen-bond acceptors (Lipinski definition) is 2. The first kappa shape index (κ1) is 9.76. The van der Waals surface area contributed by atoms with Crippen molar-refractivity contribution >= 4 is 18.4 Å². The van der Waals surface area contributed by atoms with Crippen LogP contribution >= 0.6 is 12.4 Å². The van der Waals surface area contributed by atoms with Crippen LogP contribution in [0.15, 0.2) is 0 Å². The second kappa shape index (κ2) is 3.24. The lowest BCUT2D eigenvalue weighted by atomic mass is 9.98. The quantitative estimate of drug-likeness (QED) is 0.512. The highest BCUT2D eigenvalue weighted by atomic mass is 35.5. The average Bonchev–Trinajstić information content (AvgIpc) is 1.60. The molecule has 0 N–H and O–H groups in total. The van der Waals surface area contributed by atoms with E-state index >= 15 is 0 Å². The molecular weight excluding hydrogens is 152 g/mol. The Balaban J connectivity index is 0.000000810. The predicted octanol–water partition coefficient (Wildman–Crippen LogP) is 1.91. The summed E-state index contributed by atoms with van der Waals surface area (Å²) in [6.07, 6.45) is 2.58. The molecule has 0 unspecified atom stereocenters. The van der Waals surface area contributed by atoms with E-state index in [-0.39, 0.29) is 24.0 Å². The molecule has 0 amide bonds. The van der Waals surface area contributed by atoms with Crippen molar-refractivity contribution in [2.75, 3.05) is 0 Å². The van der Waals surface area contributed by atoms with E-state index in [0.717, 1.165) is 12.8 Å². The van der Waals surface area contributed by atoms with Gasteiger partial charge in [-0.2, -0.15) is 0 Å². The van der Waals surface area contributed by atoms with Gasteiger partial charge in [-0.05, 0) is 26.7 Å². The van der Waals surface area contributed by atoms with Crippen molar-refractivity contribution in [3.63, 3.8) is 0 Å². The second-order valence-electron chi connectivity index (χ2n) is 3.09. The van der Waals surface area contributed by atoms with Crippen LogP contribution in [0.2, 0.25) is 0 Å². The van der Waals surface area contributed by atoms with Crippen LogP contribution in [0.5, 0.6) is 0 Å². The zero-order valence-corrected chi connectivity index (χ0v) is 7.16. The summed E-state index contributed by atoms with van der Waals surface area (Å²) in [5.41, 5.74) is -0.199. The summed E-state index contributed by atoms with van der Waals surface area (Å²) in [6.45, 7) is 3.90. The van der Waals surface area contributed by atoms with E-state index in [9.17, 15) is 4.79 Å². The molecule has 1 aliphatic heterocycles. The normalized spacial score (nSPS) is 22.8. The Bertz CT molecular complexity index is 132. The first-order valence-electron chi connectivity index (χ1n) is 3.32. The molecule has 0 saturated carbocycles. The van der Waals surface area contributed by atoms with Crippen molar-refractivity contribution in [2.24, 2.45) is 0 Å². The van der Waals surface area contributed by atoms with Crippen LogP contribution in [0, 0.1) is 0 Å². The molecule has 0 aliphatic carbocycles. The van der Waals surface area contributed by atoms with Crippen LogP contribution in [0.25, 0.3) is 0 Å².